The first-order valence-electron chi connectivity index (χ1n) is 1.36. The second-order valence-electron chi connectivity index (χ2n) is 0.807. The summed E-state index contributed by atoms with van der Waals surface area (Å²) in [5, 5.41) is 9.23. The van der Waals surface area contributed by atoms with Crippen LogP contribution in [0.3, 0.4) is 0 Å². The molecule has 0 aromatic carbocycles. The van der Waals surface area contributed by atoms with Crippen LogP contribution in [0.4, 0.5) is 0 Å². The van der Waals surface area contributed by atoms with E-state index in [-0.39, 0.29) is 0 Å². The van der Waals surface area contributed by atoms with Crippen LogP contribution < -0.4 is 0 Å². The van der Waals surface area contributed by atoms with Crippen molar-refractivity contribution in [3.63, 3.8) is 0 Å². The lowest BCUT2D eigenvalue weighted by Crippen LogP contribution is -2.00. The number of hydrogen-bond acceptors (Lipinski definition) is 4. The van der Waals surface area contributed by atoms with Crippen molar-refractivity contribution in [2.24, 2.45) is 0 Å². The van der Waals surface area contributed by atoms with Gasteiger partial charge in [0.2, 0.25) is 10.7 Å². The second-order valence-corrected chi connectivity index (χ2v) is 1.76. The maximum Gasteiger partial charge on any atom is 0.299 e. The Kier molecular flexibility index (Phi) is 2.28. The predicted molar refractivity (Wildman–Crippen MR) is 22.2 cm³/mol. The van der Waals surface area contributed by atoms with Gasteiger partial charge >= 0.3 is 0 Å². The minimum absolute atomic E-state index is 0.897. The van der Waals surface area contributed by atoms with Crippen molar-refractivity contribution < 1.29 is 13.3 Å². The van der Waals surface area contributed by atoms with E-state index in [4.69, 9.17) is 0 Å². The Morgan fingerprint density at radius 1 is 1.57 bits per heavy atom. The molecule has 0 rings (SSSR count). The highest BCUT2D eigenvalue weighted by Crippen LogP contribution is 1.64. The molecule has 0 fully saturated rings. The van der Waals surface area contributed by atoms with Gasteiger partial charge in [0.05, 0.1) is 0 Å². The molecule has 0 aliphatic rings. The van der Waals surface area contributed by atoms with Gasteiger partial charge < -0.3 is 0 Å². The van der Waals surface area contributed by atoms with Gasteiger partial charge in [0.25, 0.3) is 5.88 Å². The molecule has 0 heterocycles. The molecular weight excluding hydrogens is 122 g/mol. The Balaban J connectivity index is 3.53. The first-order chi connectivity index (χ1) is 3.13. The Bertz CT molecular complexity index is 129. The molecule has 0 aliphatic carbocycles. The van der Waals surface area contributed by atoms with E-state index in [1.54, 1.807) is 0 Å². The maximum absolute atomic E-state index is 9.41. The van der Waals surface area contributed by atoms with Crippen molar-refractivity contribution in [3.8, 4) is 0 Å². The third-order valence-corrected chi connectivity index (χ3v) is 0.693. The highest BCUT2D eigenvalue weighted by atomic mass is 32.2. The Hall–Kier alpha value is -0.650. The van der Waals surface area contributed by atoms with E-state index in [0.717, 1.165) is 0 Å². The largest absolute Gasteiger partial charge is 0.299 e. The fourth-order valence-corrected chi connectivity index (χ4v) is 0.283. The first-order valence-corrected chi connectivity index (χ1v) is 2.73. The summed E-state index contributed by atoms with van der Waals surface area (Å²) >= 11 is 0. The Morgan fingerprint density at radius 3 is 2.00 bits per heavy atom. The molecule has 0 unspecified atom stereocenters. The smallest absolute Gasteiger partial charge is 0.263 e. The minimum Gasteiger partial charge on any atom is -0.263 e. The van der Waals surface area contributed by atoms with Gasteiger partial charge in [-0.05, 0) is 0 Å². The zero-order chi connectivity index (χ0) is 5.86. The summed E-state index contributed by atoms with van der Waals surface area (Å²) in [6, 6.07) is 0. The molecule has 6 heteroatoms. The number of rotatable bonds is 2. The van der Waals surface area contributed by atoms with Crippen molar-refractivity contribution in [1.29, 1.82) is 0 Å². The normalized spacial score (nSPS) is 9.29. The van der Waals surface area contributed by atoms with Crippen LogP contribution in [0.5, 0.6) is 0 Å². The lowest BCUT2D eigenvalue weighted by atomic mass is 11.5. The molecule has 0 saturated heterocycles. The summed E-state index contributed by atoms with van der Waals surface area (Å²) in [6.45, 7) is 0. The molecule has 0 aromatic heterocycles. The fraction of sp³-hybridized carbons (Fsp3) is 1.00. The third kappa shape index (κ3) is 5.35. The van der Waals surface area contributed by atoms with Crippen molar-refractivity contribution >= 4 is 10.7 Å². The first kappa shape index (κ1) is 6.35. The van der Waals surface area contributed by atoms with E-state index >= 15 is 0 Å². The van der Waals surface area contributed by atoms with Gasteiger partial charge in [0.15, 0.2) is 0 Å². The topological polar surface area (TPSA) is 77.3 Å². The molecule has 0 saturated carbocycles. The van der Waals surface area contributed by atoms with E-state index in [0.29, 0.717) is 0 Å². The van der Waals surface area contributed by atoms with Crippen LogP contribution in [0.1, 0.15) is 0 Å². The van der Waals surface area contributed by atoms with Crippen LogP contribution in [0.2, 0.25) is 0 Å². The van der Waals surface area contributed by atoms with E-state index in [1.807, 2.05) is 0 Å². The number of nitrogens with zero attached hydrogens (tertiary/aromatic N) is 1. The van der Waals surface area contributed by atoms with Gasteiger partial charge in [-0.2, -0.15) is 0 Å². The molecule has 5 nitrogen and oxygen atoms in total. The molecular formula is CH3NO4S. The van der Waals surface area contributed by atoms with Crippen molar-refractivity contribution in [1.82, 2.24) is 0 Å². The molecule has 0 N–H and O–H groups in total. The molecule has 0 bridgehead atoms. The van der Waals surface area contributed by atoms with E-state index in [2.05, 4.69) is 0 Å². The van der Waals surface area contributed by atoms with Crippen molar-refractivity contribution in [2.45, 2.75) is 0 Å². The lowest BCUT2D eigenvalue weighted by Gasteiger charge is -1.75. The standard InChI is InChI=1S/CH3NO4S/c3-2(4)1-7(5)6/h7H,1H2. The molecule has 0 atom stereocenters. The average molecular weight is 125 g/mol. The third-order valence-electron chi connectivity index (χ3n) is 0.231. The summed E-state index contributed by atoms with van der Waals surface area (Å²) in [7, 11) is -2.84. The SMILES string of the molecule is O=[N+]([O-])C[SH](=O)=O. The predicted octanol–water partition coefficient (Wildman–Crippen LogP) is -1.17. The number of thiol groups is 1. The molecule has 42 valence electrons. The molecule has 0 aliphatic heterocycles. The molecule has 0 spiro atoms. The highest BCUT2D eigenvalue weighted by molar-refractivity contribution is 7.72. The fourth-order valence-electron chi connectivity index (χ4n) is 0.0943. The van der Waals surface area contributed by atoms with Crippen LogP contribution in [0, 0.1) is 10.1 Å². The van der Waals surface area contributed by atoms with Crippen LogP contribution in [-0.2, 0) is 10.7 Å². The summed E-state index contributed by atoms with van der Waals surface area (Å²) in [4.78, 5) is 8.33. The van der Waals surface area contributed by atoms with Gasteiger partial charge in [0.1, 0.15) is 0 Å². The Labute approximate surface area is 41.0 Å². The summed E-state index contributed by atoms with van der Waals surface area (Å²) in [6.07, 6.45) is 0. The lowest BCUT2D eigenvalue weighted by molar-refractivity contribution is -0.457. The Morgan fingerprint density at radius 2 is 2.00 bits per heavy atom. The quantitative estimate of drug-likeness (QED) is 0.286. The van der Waals surface area contributed by atoms with Gasteiger partial charge in [0, 0.05) is 4.92 Å². The van der Waals surface area contributed by atoms with Gasteiger partial charge in [-0.25, -0.2) is 8.42 Å². The zero-order valence-electron chi connectivity index (χ0n) is 3.23. The summed E-state index contributed by atoms with van der Waals surface area (Å²) < 4.78 is 18.8. The van der Waals surface area contributed by atoms with Crippen LogP contribution in [0.25, 0.3) is 0 Å². The second kappa shape index (κ2) is 2.51. The van der Waals surface area contributed by atoms with Crippen molar-refractivity contribution in [2.75, 3.05) is 5.88 Å². The maximum atomic E-state index is 9.41. The molecule has 0 aromatic rings. The van der Waals surface area contributed by atoms with Gasteiger partial charge in [-0.3, -0.25) is 10.1 Å². The number of nitro groups is 1. The minimum atomic E-state index is -2.84. The monoisotopic (exact) mass is 125 g/mol. The zero-order valence-corrected chi connectivity index (χ0v) is 4.13. The molecule has 0 amide bonds. The average Bonchev–Trinajstić information content (AvgIpc) is 1.27. The van der Waals surface area contributed by atoms with Crippen LogP contribution >= 0.6 is 0 Å². The van der Waals surface area contributed by atoms with E-state index in [9.17, 15) is 18.5 Å². The number of hydrogen-bond donors (Lipinski definition) is 1. The van der Waals surface area contributed by atoms with Crippen LogP contribution in [-0.4, -0.2) is 19.2 Å². The summed E-state index contributed by atoms with van der Waals surface area (Å²) in [5.41, 5.74) is 0. The molecule has 0 radical (unpaired) electrons. The molecule has 7 heavy (non-hydrogen) atoms. The van der Waals surface area contributed by atoms with Gasteiger partial charge in [-0.15, -0.1) is 0 Å². The van der Waals surface area contributed by atoms with E-state index < -0.39 is 21.5 Å². The van der Waals surface area contributed by atoms with E-state index in [1.165, 1.54) is 0 Å². The van der Waals surface area contributed by atoms with Crippen LogP contribution in [0.15, 0.2) is 0 Å². The van der Waals surface area contributed by atoms with Crippen molar-refractivity contribution in [3.05, 3.63) is 10.1 Å². The van der Waals surface area contributed by atoms with Gasteiger partial charge in [-0.1, -0.05) is 0 Å². The summed E-state index contributed by atoms with van der Waals surface area (Å²) in [5.74, 6) is -0.963. The highest BCUT2D eigenvalue weighted by Gasteiger charge is 1.93.